The summed E-state index contributed by atoms with van der Waals surface area (Å²) in [6.45, 7) is 1.72. The van der Waals surface area contributed by atoms with Gasteiger partial charge in [0.05, 0.1) is 27.4 Å². The number of rotatable bonds is 5. The highest BCUT2D eigenvalue weighted by Gasteiger charge is 2.32. The van der Waals surface area contributed by atoms with Gasteiger partial charge >= 0.3 is 0 Å². The Bertz CT molecular complexity index is 749. The molecule has 0 bridgehead atoms. The molecule has 1 aromatic heterocycles. The molecule has 8 heteroatoms. The number of amides is 1. The number of methoxy groups -OCH3 is 2. The van der Waals surface area contributed by atoms with Crippen molar-refractivity contribution in [3.8, 4) is 11.5 Å². The van der Waals surface area contributed by atoms with Crippen LogP contribution in [0.15, 0.2) is 12.1 Å². The number of carbonyl (C=O) groups is 1. The standard InChI is InChI=1S/C17H21N3O4S/c1-22-11-5-6-12(23-2)15-14(11)19-17(25-15)20-7-8-24-13(9-20)16(21)18-10-3-4-10/h5-6,10,13H,3-4,7-9H2,1-2H3,(H,18,21). The van der Waals surface area contributed by atoms with Gasteiger partial charge in [-0.2, -0.15) is 0 Å². The summed E-state index contributed by atoms with van der Waals surface area (Å²) in [5.74, 6) is 1.47. The molecular weight excluding hydrogens is 342 g/mol. The van der Waals surface area contributed by atoms with Crippen LogP contribution in [-0.2, 0) is 9.53 Å². The molecule has 0 spiro atoms. The van der Waals surface area contributed by atoms with Gasteiger partial charge in [-0.3, -0.25) is 4.79 Å². The van der Waals surface area contributed by atoms with E-state index in [9.17, 15) is 4.79 Å². The highest BCUT2D eigenvalue weighted by Crippen LogP contribution is 2.40. The lowest BCUT2D eigenvalue weighted by molar-refractivity contribution is -0.133. The van der Waals surface area contributed by atoms with Crippen LogP contribution >= 0.6 is 11.3 Å². The first-order valence-corrected chi connectivity index (χ1v) is 9.19. The van der Waals surface area contributed by atoms with Crippen molar-refractivity contribution in [3.63, 3.8) is 0 Å². The van der Waals surface area contributed by atoms with Crippen molar-refractivity contribution >= 4 is 32.6 Å². The third kappa shape index (κ3) is 3.23. The number of hydrogen-bond acceptors (Lipinski definition) is 7. The molecule has 1 saturated heterocycles. The summed E-state index contributed by atoms with van der Waals surface area (Å²) in [6, 6.07) is 4.08. The molecule has 1 aliphatic heterocycles. The SMILES string of the molecule is COc1ccc(OC)c2sc(N3CCOC(C(=O)NC4CC4)C3)nc12. The molecule has 2 aliphatic rings. The molecule has 1 unspecified atom stereocenters. The minimum Gasteiger partial charge on any atom is -0.495 e. The molecule has 0 radical (unpaired) electrons. The fourth-order valence-electron chi connectivity index (χ4n) is 2.91. The summed E-state index contributed by atoms with van der Waals surface area (Å²) < 4.78 is 17.5. The average molecular weight is 363 g/mol. The number of thiazole rings is 1. The average Bonchev–Trinajstić information content (AvgIpc) is 3.34. The normalized spacial score (nSPS) is 20.6. The maximum absolute atomic E-state index is 12.3. The predicted molar refractivity (Wildman–Crippen MR) is 95.8 cm³/mol. The number of carbonyl (C=O) groups excluding carboxylic acids is 1. The van der Waals surface area contributed by atoms with Gasteiger partial charge in [-0.1, -0.05) is 11.3 Å². The van der Waals surface area contributed by atoms with Gasteiger partial charge < -0.3 is 24.4 Å². The van der Waals surface area contributed by atoms with Gasteiger partial charge in [0, 0.05) is 12.6 Å². The van der Waals surface area contributed by atoms with Gasteiger partial charge in [-0.15, -0.1) is 0 Å². The van der Waals surface area contributed by atoms with Crippen LogP contribution in [0.1, 0.15) is 12.8 Å². The lowest BCUT2D eigenvalue weighted by Gasteiger charge is -2.31. The van der Waals surface area contributed by atoms with Crippen molar-refractivity contribution in [2.45, 2.75) is 25.0 Å². The number of aromatic nitrogens is 1. The molecule has 25 heavy (non-hydrogen) atoms. The van der Waals surface area contributed by atoms with E-state index in [1.165, 1.54) is 0 Å². The van der Waals surface area contributed by atoms with E-state index in [1.54, 1.807) is 25.6 Å². The number of nitrogens with zero attached hydrogens (tertiary/aromatic N) is 2. The number of fused-ring (bicyclic) bond motifs is 1. The van der Waals surface area contributed by atoms with E-state index >= 15 is 0 Å². The fraction of sp³-hybridized carbons (Fsp3) is 0.529. The molecule has 1 amide bonds. The quantitative estimate of drug-likeness (QED) is 0.873. The smallest absolute Gasteiger partial charge is 0.251 e. The molecule has 1 aliphatic carbocycles. The van der Waals surface area contributed by atoms with Crippen molar-refractivity contribution in [3.05, 3.63) is 12.1 Å². The number of benzene rings is 1. The minimum absolute atomic E-state index is 0.0246. The lowest BCUT2D eigenvalue weighted by atomic mass is 10.2. The van der Waals surface area contributed by atoms with E-state index in [0.717, 1.165) is 39.7 Å². The first kappa shape index (κ1) is 16.4. The van der Waals surface area contributed by atoms with Gasteiger partial charge in [0.25, 0.3) is 5.91 Å². The van der Waals surface area contributed by atoms with Crippen molar-refractivity contribution in [2.24, 2.45) is 0 Å². The predicted octanol–water partition coefficient (Wildman–Crippen LogP) is 1.80. The minimum atomic E-state index is -0.454. The molecule has 1 atom stereocenters. The van der Waals surface area contributed by atoms with Crippen molar-refractivity contribution in [1.82, 2.24) is 10.3 Å². The Labute approximate surface area is 149 Å². The van der Waals surface area contributed by atoms with E-state index in [2.05, 4.69) is 10.2 Å². The van der Waals surface area contributed by atoms with Gasteiger partial charge in [0.1, 0.15) is 21.7 Å². The monoisotopic (exact) mass is 363 g/mol. The van der Waals surface area contributed by atoms with E-state index in [0.29, 0.717) is 25.7 Å². The van der Waals surface area contributed by atoms with Crippen LogP contribution in [0.3, 0.4) is 0 Å². The second-order valence-electron chi connectivity index (χ2n) is 6.23. The molecule has 7 nitrogen and oxygen atoms in total. The molecule has 4 rings (SSSR count). The number of nitrogens with one attached hydrogen (secondary N) is 1. The number of ether oxygens (including phenoxy) is 3. The molecular formula is C17H21N3O4S. The summed E-state index contributed by atoms with van der Waals surface area (Å²) in [7, 11) is 3.28. The first-order valence-electron chi connectivity index (χ1n) is 8.38. The Kier molecular flexibility index (Phi) is 4.39. The van der Waals surface area contributed by atoms with Gasteiger partial charge in [-0.25, -0.2) is 4.98 Å². The second kappa shape index (κ2) is 6.68. The Morgan fingerprint density at radius 2 is 2.08 bits per heavy atom. The maximum Gasteiger partial charge on any atom is 0.251 e. The van der Waals surface area contributed by atoms with E-state index in [-0.39, 0.29) is 5.91 Å². The van der Waals surface area contributed by atoms with Crippen LogP contribution in [0.25, 0.3) is 10.2 Å². The second-order valence-corrected chi connectivity index (χ2v) is 7.21. The van der Waals surface area contributed by atoms with Gasteiger partial charge in [0.2, 0.25) is 0 Å². The lowest BCUT2D eigenvalue weighted by Crippen LogP contribution is -2.50. The van der Waals surface area contributed by atoms with E-state index in [4.69, 9.17) is 19.2 Å². The van der Waals surface area contributed by atoms with Crippen LogP contribution in [0.4, 0.5) is 5.13 Å². The van der Waals surface area contributed by atoms with Gasteiger partial charge in [-0.05, 0) is 25.0 Å². The van der Waals surface area contributed by atoms with Crippen molar-refractivity contribution < 1.29 is 19.0 Å². The molecule has 1 saturated carbocycles. The third-order valence-corrected chi connectivity index (χ3v) is 5.58. The number of morpholine rings is 1. The summed E-state index contributed by atoms with van der Waals surface area (Å²) >= 11 is 1.55. The van der Waals surface area contributed by atoms with E-state index in [1.807, 2.05) is 12.1 Å². The van der Waals surface area contributed by atoms with Crippen LogP contribution in [0, 0.1) is 0 Å². The molecule has 2 heterocycles. The molecule has 2 fully saturated rings. The van der Waals surface area contributed by atoms with Gasteiger partial charge in [0.15, 0.2) is 11.2 Å². The van der Waals surface area contributed by atoms with Crippen molar-refractivity contribution in [1.29, 1.82) is 0 Å². The summed E-state index contributed by atoms with van der Waals surface area (Å²) in [6.07, 6.45) is 1.68. The summed E-state index contributed by atoms with van der Waals surface area (Å²) in [4.78, 5) is 19.1. The Hall–Kier alpha value is -2.06. The topological polar surface area (TPSA) is 72.9 Å². The fourth-order valence-corrected chi connectivity index (χ4v) is 4.02. The van der Waals surface area contributed by atoms with Crippen LogP contribution < -0.4 is 19.7 Å². The Balaban J connectivity index is 1.58. The Morgan fingerprint density at radius 3 is 2.80 bits per heavy atom. The zero-order chi connectivity index (χ0) is 17.4. The Morgan fingerprint density at radius 1 is 1.32 bits per heavy atom. The third-order valence-electron chi connectivity index (χ3n) is 4.45. The largest absolute Gasteiger partial charge is 0.495 e. The van der Waals surface area contributed by atoms with Crippen LogP contribution in [0.2, 0.25) is 0 Å². The zero-order valence-corrected chi connectivity index (χ0v) is 15.1. The van der Waals surface area contributed by atoms with Crippen molar-refractivity contribution in [2.75, 3.05) is 38.8 Å². The van der Waals surface area contributed by atoms with Crippen LogP contribution in [-0.4, -0.2) is 57.0 Å². The van der Waals surface area contributed by atoms with Crippen LogP contribution in [0.5, 0.6) is 11.5 Å². The zero-order valence-electron chi connectivity index (χ0n) is 14.3. The highest BCUT2D eigenvalue weighted by atomic mass is 32.1. The molecule has 1 aromatic carbocycles. The highest BCUT2D eigenvalue weighted by molar-refractivity contribution is 7.22. The maximum atomic E-state index is 12.3. The number of hydrogen-bond donors (Lipinski definition) is 1. The molecule has 134 valence electrons. The number of anilines is 1. The summed E-state index contributed by atoms with van der Waals surface area (Å²) in [5.41, 5.74) is 0.785. The van der Waals surface area contributed by atoms with E-state index < -0.39 is 6.10 Å². The molecule has 1 N–H and O–H groups in total. The molecule has 2 aromatic rings. The summed E-state index contributed by atoms with van der Waals surface area (Å²) in [5, 5.41) is 3.86. The first-order chi connectivity index (χ1) is 12.2.